The summed E-state index contributed by atoms with van der Waals surface area (Å²) >= 11 is 2.84. The van der Waals surface area contributed by atoms with Crippen molar-refractivity contribution in [2.45, 2.75) is 43.5 Å². The first-order valence-corrected chi connectivity index (χ1v) is 14.0. The summed E-state index contributed by atoms with van der Waals surface area (Å²) in [5.74, 6) is -1.47. The normalized spacial score (nSPS) is 15.5. The third kappa shape index (κ3) is 5.76. The molecular weight excluding hydrogens is 566 g/mol. The van der Waals surface area contributed by atoms with E-state index in [-0.39, 0.29) is 12.5 Å². The number of hydrogen-bond donors (Lipinski definition) is 3. The quantitative estimate of drug-likeness (QED) is 0.315. The number of thiazole rings is 1. The summed E-state index contributed by atoms with van der Waals surface area (Å²) in [6.45, 7) is 5.33. The van der Waals surface area contributed by atoms with E-state index in [9.17, 15) is 19.2 Å². The third-order valence-corrected chi connectivity index (χ3v) is 8.98. The predicted octanol–water partition coefficient (Wildman–Crippen LogP) is 4.99. The zero-order valence-corrected chi connectivity index (χ0v) is 23.1. The Morgan fingerprint density at radius 3 is 2.25 bits per heavy atom. The lowest BCUT2D eigenvalue weighted by molar-refractivity contribution is -0.140. The molecule has 1 aliphatic carbocycles. The Hall–Kier alpha value is -2.44. The SMILES string of the molecule is CC(C)(C)[S+]([O-])N[C@H](c1nc(Br)cs1)[C@H](NC(=O)OCC1c2ccccc2-c2ccccc21)C(=O)O. The molecule has 1 heterocycles. The smallest absolute Gasteiger partial charge is 0.407 e. The first-order valence-electron chi connectivity index (χ1n) is 11.2. The molecule has 0 saturated heterocycles. The summed E-state index contributed by atoms with van der Waals surface area (Å²) in [5.41, 5.74) is 4.28. The molecule has 0 saturated carbocycles. The third-order valence-electron chi connectivity index (χ3n) is 5.77. The summed E-state index contributed by atoms with van der Waals surface area (Å²) in [5, 5.41) is 14.5. The molecule has 1 amide bonds. The first-order chi connectivity index (χ1) is 17.1. The van der Waals surface area contributed by atoms with Gasteiger partial charge in [-0.2, -0.15) is 0 Å². The molecule has 4 rings (SSSR count). The predicted molar refractivity (Wildman–Crippen MR) is 143 cm³/mol. The average molecular weight is 593 g/mol. The van der Waals surface area contributed by atoms with E-state index in [1.54, 1.807) is 26.2 Å². The van der Waals surface area contributed by atoms with Crippen molar-refractivity contribution < 1.29 is 24.0 Å². The number of benzene rings is 2. The van der Waals surface area contributed by atoms with Gasteiger partial charge in [0.25, 0.3) is 0 Å². The number of carboxylic acid groups (broad SMARTS) is 1. The van der Waals surface area contributed by atoms with Crippen LogP contribution in [0.4, 0.5) is 4.79 Å². The number of nitrogens with zero attached hydrogens (tertiary/aromatic N) is 1. The number of rotatable bonds is 8. The number of aliphatic carboxylic acids is 1. The zero-order chi connectivity index (χ0) is 26.0. The maximum Gasteiger partial charge on any atom is 0.407 e. The molecule has 0 radical (unpaired) electrons. The minimum Gasteiger partial charge on any atom is -0.598 e. The fraction of sp³-hybridized carbons (Fsp3) is 0.320. The van der Waals surface area contributed by atoms with Gasteiger partial charge in [0.2, 0.25) is 0 Å². The molecule has 0 bridgehead atoms. The summed E-state index contributed by atoms with van der Waals surface area (Å²) < 4.78 is 21.1. The molecule has 2 aromatic carbocycles. The summed E-state index contributed by atoms with van der Waals surface area (Å²) in [7, 11) is 0. The molecule has 0 aliphatic heterocycles. The summed E-state index contributed by atoms with van der Waals surface area (Å²) in [6, 6.07) is 13.4. The molecule has 8 nitrogen and oxygen atoms in total. The number of aromatic nitrogens is 1. The minimum atomic E-state index is -1.62. The van der Waals surface area contributed by atoms with Crippen molar-refractivity contribution in [1.82, 2.24) is 15.0 Å². The highest BCUT2D eigenvalue weighted by Crippen LogP contribution is 2.44. The molecule has 1 aromatic heterocycles. The van der Waals surface area contributed by atoms with Crippen molar-refractivity contribution in [3.05, 3.63) is 74.6 Å². The second kappa shape index (κ2) is 10.9. The Kier molecular flexibility index (Phi) is 8.06. The molecule has 1 aliphatic rings. The van der Waals surface area contributed by atoms with Crippen LogP contribution in [-0.4, -0.2) is 44.1 Å². The van der Waals surface area contributed by atoms with Crippen molar-refractivity contribution >= 4 is 50.7 Å². The van der Waals surface area contributed by atoms with Gasteiger partial charge < -0.3 is 19.7 Å². The van der Waals surface area contributed by atoms with Crippen LogP contribution >= 0.6 is 27.3 Å². The molecular formula is C25H26BrN3O5S2. The lowest BCUT2D eigenvalue weighted by atomic mass is 9.98. The van der Waals surface area contributed by atoms with Crippen LogP contribution in [0, 0.1) is 0 Å². The highest BCUT2D eigenvalue weighted by atomic mass is 79.9. The standard InChI is InChI=1S/C25H26BrN3O5S2/c1-25(2,3)36(33)29-20(22-27-19(26)13-35-22)21(23(30)31)28-24(32)34-12-18-16-10-6-4-8-14(16)15-9-5-7-11-17(15)18/h4-11,13,18,20-21,29H,12H2,1-3H3,(H,28,32)(H,30,31)/t20-,21-,36?/m0/s1. The highest BCUT2D eigenvalue weighted by molar-refractivity contribution is 9.10. The van der Waals surface area contributed by atoms with Gasteiger partial charge in [-0.25, -0.2) is 14.6 Å². The van der Waals surface area contributed by atoms with Gasteiger partial charge in [0.1, 0.15) is 27.0 Å². The Morgan fingerprint density at radius 1 is 1.17 bits per heavy atom. The number of carboxylic acids is 1. The van der Waals surface area contributed by atoms with Crippen molar-refractivity contribution in [1.29, 1.82) is 0 Å². The second-order valence-corrected chi connectivity index (χ2v) is 13.0. The molecule has 11 heteroatoms. The lowest BCUT2D eigenvalue weighted by Gasteiger charge is -2.29. The van der Waals surface area contributed by atoms with E-state index in [4.69, 9.17) is 4.74 Å². The van der Waals surface area contributed by atoms with Crippen molar-refractivity contribution in [3.63, 3.8) is 0 Å². The number of amides is 1. The van der Waals surface area contributed by atoms with Crippen LogP contribution in [0.3, 0.4) is 0 Å². The maximum atomic E-state index is 12.8. The van der Waals surface area contributed by atoms with Gasteiger partial charge in [-0.1, -0.05) is 48.5 Å². The van der Waals surface area contributed by atoms with Crippen LogP contribution in [0.15, 0.2) is 58.5 Å². The number of nitrogens with one attached hydrogen (secondary N) is 2. The number of carbonyl (C=O) groups excluding carboxylic acids is 1. The molecule has 36 heavy (non-hydrogen) atoms. The van der Waals surface area contributed by atoms with Gasteiger partial charge in [0.05, 0.1) is 0 Å². The van der Waals surface area contributed by atoms with Crippen LogP contribution in [0.1, 0.15) is 48.9 Å². The van der Waals surface area contributed by atoms with E-state index < -0.39 is 40.3 Å². The van der Waals surface area contributed by atoms with Crippen LogP contribution in [0.25, 0.3) is 11.1 Å². The number of fused-ring (bicyclic) bond motifs is 3. The minimum absolute atomic E-state index is 0.0427. The fourth-order valence-electron chi connectivity index (χ4n) is 4.02. The van der Waals surface area contributed by atoms with E-state index in [0.29, 0.717) is 9.61 Å². The summed E-state index contributed by atoms with van der Waals surface area (Å²) in [6.07, 6.45) is -0.881. The molecule has 0 spiro atoms. The topological polar surface area (TPSA) is 124 Å². The van der Waals surface area contributed by atoms with Gasteiger partial charge in [0, 0.05) is 22.7 Å². The molecule has 3 atom stereocenters. The van der Waals surface area contributed by atoms with E-state index >= 15 is 0 Å². The zero-order valence-electron chi connectivity index (χ0n) is 19.9. The molecule has 3 aromatic rings. The first kappa shape index (κ1) is 26.6. The average Bonchev–Trinajstić information content (AvgIpc) is 3.40. The van der Waals surface area contributed by atoms with Crippen molar-refractivity contribution in [3.8, 4) is 11.1 Å². The molecule has 3 N–H and O–H groups in total. The van der Waals surface area contributed by atoms with Gasteiger partial charge >= 0.3 is 12.1 Å². The van der Waals surface area contributed by atoms with Crippen molar-refractivity contribution in [2.75, 3.05) is 6.61 Å². The number of carbonyl (C=O) groups is 2. The van der Waals surface area contributed by atoms with E-state index in [2.05, 4.69) is 31.0 Å². The van der Waals surface area contributed by atoms with Crippen LogP contribution in [0.2, 0.25) is 0 Å². The Labute approximate surface area is 224 Å². The van der Waals surface area contributed by atoms with Crippen LogP contribution < -0.4 is 10.0 Å². The largest absolute Gasteiger partial charge is 0.598 e. The van der Waals surface area contributed by atoms with Gasteiger partial charge in [-0.15, -0.1) is 16.1 Å². The number of hydrogen-bond acceptors (Lipinski definition) is 7. The molecule has 1 unspecified atom stereocenters. The fourth-order valence-corrected chi connectivity index (χ4v) is 6.28. The van der Waals surface area contributed by atoms with Crippen LogP contribution in [0.5, 0.6) is 0 Å². The Bertz CT molecular complexity index is 1220. The highest BCUT2D eigenvalue weighted by Gasteiger charge is 2.40. The molecule has 0 fully saturated rings. The van der Waals surface area contributed by atoms with Gasteiger partial charge in [-0.3, -0.25) is 0 Å². The van der Waals surface area contributed by atoms with Gasteiger partial charge in [-0.05, 0) is 59.0 Å². The Morgan fingerprint density at radius 2 is 1.75 bits per heavy atom. The lowest BCUT2D eigenvalue weighted by Crippen LogP contribution is -2.53. The van der Waals surface area contributed by atoms with Crippen molar-refractivity contribution in [2.24, 2.45) is 0 Å². The Balaban J connectivity index is 1.51. The molecule has 190 valence electrons. The van der Waals surface area contributed by atoms with E-state index in [1.807, 2.05) is 48.5 Å². The van der Waals surface area contributed by atoms with Gasteiger partial charge in [0.15, 0.2) is 6.04 Å². The number of ether oxygens (including phenoxy) is 1. The van der Waals surface area contributed by atoms with E-state index in [1.165, 1.54) is 11.3 Å². The number of halogens is 1. The summed E-state index contributed by atoms with van der Waals surface area (Å²) in [4.78, 5) is 29.4. The maximum absolute atomic E-state index is 12.8. The monoisotopic (exact) mass is 591 g/mol. The van der Waals surface area contributed by atoms with Crippen LogP contribution in [-0.2, 0) is 20.9 Å². The van der Waals surface area contributed by atoms with E-state index in [0.717, 1.165) is 22.3 Å². The number of alkyl carbamates (subject to hydrolysis) is 1. The second-order valence-electron chi connectivity index (χ2n) is 9.27.